The van der Waals surface area contributed by atoms with Gasteiger partial charge in [0.25, 0.3) is 5.91 Å². The molecule has 1 atom stereocenters. The summed E-state index contributed by atoms with van der Waals surface area (Å²) in [6.45, 7) is 5.49. The Kier molecular flexibility index (Phi) is 6.80. The number of anilines is 1. The van der Waals surface area contributed by atoms with Gasteiger partial charge in [0.1, 0.15) is 6.04 Å². The van der Waals surface area contributed by atoms with Crippen LogP contribution in [0.1, 0.15) is 43.5 Å². The van der Waals surface area contributed by atoms with E-state index >= 15 is 0 Å². The van der Waals surface area contributed by atoms with Crippen LogP contribution < -0.4 is 16.0 Å². The van der Waals surface area contributed by atoms with Crippen LogP contribution >= 0.6 is 0 Å². The number of carbonyl (C=O) groups is 3. The molecule has 1 aromatic carbocycles. The Labute approximate surface area is 148 Å². The molecular weight excluding hydrogens is 320 g/mol. The normalized spacial score (nSPS) is 15.2. The second-order valence-corrected chi connectivity index (χ2v) is 6.15. The molecule has 0 radical (unpaired) electrons. The molecule has 1 heterocycles. The number of nitrogens with one attached hydrogen (secondary N) is 3. The van der Waals surface area contributed by atoms with Crippen molar-refractivity contribution in [3.05, 3.63) is 29.8 Å². The van der Waals surface area contributed by atoms with Gasteiger partial charge in [-0.05, 0) is 51.3 Å². The first-order chi connectivity index (χ1) is 12.0. The van der Waals surface area contributed by atoms with Crippen molar-refractivity contribution in [2.45, 2.75) is 39.2 Å². The van der Waals surface area contributed by atoms with Crippen LogP contribution in [0.2, 0.25) is 0 Å². The van der Waals surface area contributed by atoms with Crippen molar-refractivity contribution in [2.24, 2.45) is 0 Å². The summed E-state index contributed by atoms with van der Waals surface area (Å²) in [5.74, 6) is -0.258. The molecule has 1 aromatic rings. The van der Waals surface area contributed by atoms with Crippen molar-refractivity contribution in [3.8, 4) is 0 Å². The fraction of sp³-hybridized carbons (Fsp3) is 0.500. The highest BCUT2D eigenvalue weighted by Gasteiger charge is 2.19. The van der Waals surface area contributed by atoms with E-state index in [1.54, 1.807) is 31.2 Å². The van der Waals surface area contributed by atoms with Crippen molar-refractivity contribution in [1.82, 2.24) is 15.5 Å². The second-order valence-electron chi connectivity index (χ2n) is 6.15. The van der Waals surface area contributed by atoms with Crippen LogP contribution in [0, 0.1) is 0 Å². The van der Waals surface area contributed by atoms with Crippen LogP contribution in [0.25, 0.3) is 0 Å². The predicted molar refractivity (Wildman–Crippen MR) is 96.5 cm³/mol. The molecule has 7 heteroatoms. The molecule has 1 aliphatic rings. The SMILES string of the molecule is CCNC(=O)[C@H](C)NC(=O)Nc1cccc(C(=O)N2CCCCC2)c1. The number of hydrogen-bond acceptors (Lipinski definition) is 3. The lowest BCUT2D eigenvalue weighted by atomic mass is 10.1. The molecule has 0 bridgehead atoms. The van der Waals surface area contributed by atoms with E-state index in [1.165, 1.54) is 0 Å². The molecule has 1 aliphatic heterocycles. The van der Waals surface area contributed by atoms with Crippen molar-refractivity contribution in [3.63, 3.8) is 0 Å². The fourth-order valence-electron chi connectivity index (χ4n) is 2.77. The van der Waals surface area contributed by atoms with Gasteiger partial charge < -0.3 is 20.9 Å². The molecule has 2 rings (SSSR count). The minimum atomic E-state index is -0.641. The lowest BCUT2D eigenvalue weighted by molar-refractivity contribution is -0.122. The minimum absolute atomic E-state index is 0.0144. The minimum Gasteiger partial charge on any atom is -0.355 e. The maximum atomic E-state index is 12.5. The van der Waals surface area contributed by atoms with Crippen LogP contribution in [0.4, 0.5) is 10.5 Å². The highest BCUT2D eigenvalue weighted by molar-refractivity contribution is 5.97. The Morgan fingerprint density at radius 2 is 1.88 bits per heavy atom. The van der Waals surface area contributed by atoms with Crippen molar-refractivity contribution >= 4 is 23.5 Å². The van der Waals surface area contributed by atoms with Crippen molar-refractivity contribution < 1.29 is 14.4 Å². The number of rotatable bonds is 5. The van der Waals surface area contributed by atoms with Crippen LogP contribution in [0.5, 0.6) is 0 Å². The summed E-state index contributed by atoms with van der Waals surface area (Å²) < 4.78 is 0. The van der Waals surface area contributed by atoms with Gasteiger partial charge in [-0.3, -0.25) is 9.59 Å². The van der Waals surface area contributed by atoms with Gasteiger partial charge in [0, 0.05) is 30.9 Å². The molecule has 4 amide bonds. The number of carbonyl (C=O) groups excluding carboxylic acids is 3. The summed E-state index contributed by atoms with van der Waals surface area (Å²) in [7, 11) is 0. The molecule has 7 nitrogen and oxygen atoms in total. The van der Waals surface area contributed by atoms with Crippen molar-refractivity contribution in [2.75, 3.05) is 25.0 Å². The Hall–Kier alpha value is -2.57. The highest BCUT2D eigenvalue weighted by atomic mass is 16.2. The fourth-order valence-corrected chi connectivity index (χ4v) is 2.77. The second kappa shape index (κ2) is 9.05. The average Bonchev–Trinajstić information content (AvgIpc) is 2.62. The van der Waals surface area contributed by atoms with Gasteiger partial charge in [0.15, 0.2) is 0 Å². The van der Waals surface area contributed by atoms with Gasteiger partial charge in [-0.2, -0.15) is 0 Å². The van der Waals surface area contributed by atoms with Gasteiger partial charge in [-0.25, -0.2) is 4.79 Å². The third-order valence-corrected chi connectivity index (χ3v) is 4.10. The molecule has 0 aromatic heterocycles. The highest BCUT2D eigenvalue weighted by Crippen LogP contribution is 2.16. The third kappa shape index (κ3) is 5.48. The first-order valence-electron chi connectivity index (χ1n) is 8.76. The monoisotopic (exact) mass is 346 g/mol. The number of hydrogen-bond donors (Lipinski definition) is 3. The zero-order valence-electron chi connectivity index (χ0n) is 14.8. The maximum absolute atomic E-state index is 12.5. The van der Waals surface area contributed by atoms with E-state index in [0.29, 0.717) is 17.8 Å². The van der Waals surface area contributed by atoms with E-state index in [9.17, 15) is 14.4 Å². The molecule has 25 heavy (non-hydrogen) atoms. The molecule has 0 saturated carbocycles. The number of likely N-dealkylation sites (N-methyl/N-ethyl adjacent to an activating group) is 1. The standard InChI is InChI=1S/C18H26N4O3/c1-3-19-16(23)13(2)20-18(25)21-15-9-7-8-14(12-15)17(24)22-10-5-4-6-11-22/h7-9,12-13H,3-6,10-11H2,1-2H3,(H,19,23)(H2,20,21,25)/t13-/m0/s1. The van der Waals surface area contributed by atoms with Crippen LogP contribution in [0.15, 0.2) is 24.3 Å². The number of piperidine rings is 1. The summed E-state index contributed by atoms with van der Waals surface area (Å²) in [6.07, 6.45) is 3.23. The van der Waals surface area contributed by atoms with E-state index < -0.39 is 12.1 Å². The first-order valence-corrected chi connectivity index (χ1v) is 8.76. The van der Waals surface area contributed by atoms with E-state index in [1.807, 2.05) is 11.8 Å². The summed E-state index contributed by atoms with van der Waals surface area (Å²) in [5.41, 5.74) is 1.07. The van der Waals surface area contributed by atoms with Gasteiger partial charge in [-0.15, -0.1) is 0 Å². The lowest BCUT2D eigenvalue weighted by Crippen LogP contribution is -2.46. The molecule has 0 aliphatic carbocycles. The zero-order valence-corrected chi connectivity index (χ0v) is 14.8. The summed E-state index contributed by atoms with van der Waals surface area (Å²) >= 11 is 0. The largest absolute Gasteiger partial charge is 0.355 e. The molecule has 1 fully saturated rings. The Balaban J connectivity index is 1.95. The van der Waals surface area contributed by atoms with Gasteiger partial charge in [0.2, 0.25) is 5.91 Å². The number of amides is 4. The van der Waals surface area contributed by atoms with Crippen LogP contribution in [-0.2, 0) is 4.79 Å². The smallest absolute Gasteiger partial charge is 0.319 e. The van der Waals surface area contributed by atoms with E-state index in [-0.39, 0.29) is 11.8 Å². The predicted octanol–water partition coefficient (Wildman–Crippen LogP) is 1.96. The van der Waals surface area contributed by atoms with Crippen LogP contribution in [0.3, 0.4) is 0 Å². The van der Waals surface area contributed by atoms with Gasteiger partial charge in [-0.1, -0.05) is 6.07 Å². The van der Waals surface area contributed by atoms with Crippen molar-refractivity contribution in [1.29, 1.82) is 0 Å². The molecule has 3 N–H and O–H groups in total. The summed E-state index contributed by atoms with van der Waals surface area (Å²) in [6, 6.07) is 5.73. The third-order valence-electron chi connectivity index (χ3n) is 4.10. The Bertz CT molecular complexity index is 627. The summed E-state index contributed by atoms with van der Waals surface area (Å²) in [5, 5.41) is 7.88. The molecule has 136 valence electrons. The number of urea groups is 1. The molecule has 0 spiro atoms. The Morgan fingerprint density at radius 1 is 1.16 bits per heavy atom. The number of likely N-dealkylation sites (tertiary alicyclic amines) is 1. The molecule has 0 unspecified atom stereocenters. The average molecular weight is 346 g/mol. The summed E-state index contributed by atoms with van der Waals surface area (Å²) in [4.78, 5) is 38.0. The number of nitrogens with zero attached hydrogens (tertiary/aromatic N) is 1. The van der Waals surface area contributed by atoms with Gasteiger partial charge in [0.05, 0.1) is 0 Å². The van der Waals surface area contributed by atoms with Gasteiger partial charge >= 0.3 is 6.03 Å². The van der Waals surface area contributed by atoms with E-state index in [4.69, 9.17) is 0 Å². The van der Waals surface area contributed by atoms with E-state index in [2.05, 4.69) is 16.0 Å². The Morgan fingerprint density at radius 3 is 2.56 bits per heavy atom. The topological polar surface area (TPSA) is 90.5 Å². The zero-order chi connectivity index (χ0) is 18.2. The molecular formula is C18H26N4O3. The van der Waals surface area contributed by atoms with Crippen LogP contribution in [-0.4, -0.2) is 48.4 Å². The molecule has 1 saturated heterocycles. The quantitative estimate of drug-likeness (QED) is 0.761. The number of benzene rings is 1. The van der Waals surface area contributed by atoms with E-state index in [0.717, 1.165) is 32.4 Å². The lowest BCUT2D eigenvalue weighted by Gasteiger charge is -2.26. The first kappa shape index (κ1) is 18.8. The maximum Gasteiger partial charge on any atom is 0.319 e.